The van der Waals surface area contributed by atoms with E-state index in [0.717, 1.165) is 17.2 Å². The Morgan fingerprint density at radius 2 is 2.12 bits per heavy atom. The Labute approximate surface area is 101 Å². The van der Waals surface area contributed by atoms with Gasteiger partial charge in [0.05, 0.1) is 5.56 Å². The molecule has 0 aliphatic heterocycles. The Balaban J connectivity index is 2.46. The van der Waals surface area contributed by atoms with Crippen LogP contribution in [0, 0.1) is 0 Å². The Kier molecular flexibility index (Phi) is 2.04. The molecular weight excluding hydrogens is 268 g/mol. The first-order valence-corrected chi connectivity index (χ1v) is 6.02. The van der Waals surface area contributed by atoms with Crippen LogP contribution in [0.4, 0.5) is 0 Å². The molecule has 1 aliphatic rings. The number of carboxylic acid groups (broad SMARTS) is 1. The first-order valence-electron chi connectivity index (χ1n) is 5.10. The van der Waals surface area contributed by atoms with E-state index in [4.69, 9.17) is 5.11 Å². The van der Waals surface area contributed by atoms with Crippen LogP contribution in [-0.2, 0) is 6.42 Å². The normalized spacial score (nSPS) is 17.9. The van der Waals surface area contributed by atoms with Crippen LogP contribution in [0.15, 0.2) is 30.3 Å². The number of aromatic carboxylic acids is 1. The van der Waals surface area contributed by atoms with E-state index in [1.165, 1.54) is 11.1 Å². The summed E-state index contributed by atoms with van der Waals surface area (Å²) in [6, 6.07) is 9.50. The molecule has 2 aromatic rings. The van der Waals surface area contributed by atoms with Gasteiger partial charge in [-0.15, -0.1) is 0 Å². The van der Waals surface area contributed by atoms with Gasteiger partial charge in [0.1, 0.15) is 0 Å². The van der Waals surface area contributed by atoms with Crippen LogP contribution in [0.5, 0.6) is 0 Å². The molecule has 3 rings (SSSR count). The van der Waals surface area contributed by atoms with E-state index in [1.54, 1.807) is 6.07 Å². The summed E-state index contributed by atoms with van der Waals surface area (Å²) in [6.07, 6.45) is 0.940. The predicted molar refractivity (Wildman–Crippen MR) is 66.3 cm³/mol. The molecule has 0 aromatic heterocycles. The van der Waals surface area contributed by atoms with Gasteiger partial charge < -0.3 is 5.11 Å². The van der Waals surface area contributed by atoms with E-state index in [2.05, 4.69) is 22.0 Å². The van der Waals surface area contributed by atoms with Crippen molar-refractivity contribution in [2.24, 2.45) is 0 Å². The van der Waals surface area contributed by atoms with Crippen LogP contribution < -0.4 is 0 Å². The zero-order valence-corrected chi connectivity index (χ0v) is 9.99. The van der Waals surface area contributed by atoms with Crippen LogP contribution in [-0.4, -0.2) is 11.1 Å². The van der Waals surface area contributed by atoms with Gasteiger partial charge in [0.15, 0.2) is 0 Å². The summed E-state index contributed by atoms with van der Waals surface area (Å²) in [5, 5.41) is 11.1. The highest BCUT2D eigenvalue weighted by atomic mass is 79.9. The molecule has 1 N–H and O–H groups in total. The van der Waals surface area contributed by atoms with E-state index in [1.807, 2.05) is 18.2 Å². The second-order valence-corrected chi connectivity index (χ2v) is 5.12. The minimum atomic E-state index is -0.860. The average Bonchev–Trinajstić information content (AvgIpc) is 2.58. The number of benzene rings is 2. The van der Waals surface area contributed by atoms with Crippen molar-refractivity contribution in [2.45, 2.75) is 11.2 Å². The summed E-state index contributed by atoms with van der Waals surface area (Å²) in [5.74, 6) is -0.860. The monoisotopic (exact) mass is 276 g/mol. The molecule has 0 amide bonds. The lowest BCUT2D eigenvalue weighted by atomic mass is 10.0. The summed E-state index contributed by atoms with van der Waals surface area (Å²) in [4.78, 5) is 11.4. The lowest BCUT2D eigenvalue weighted by Crippen LogP contribution is -1.98. The van der Waals surface area contributed by atoms with Gasteiger partial charge in [0, 0.05) is 4.83 Å². The fourth-order valence-corrected chi connectivity index (χ4v) is 3.16. The minimum absolute atomic E-state index is 0.315. The number of carboxylic acids is 1. The van der Waals surface area contributed by atoms with Gasteiger partial charge in [-0.05, 0) is 34.4 Å². The molecular formula is C13H9BrO2. The topological polar surface area (TPSA) is 37.3 Å². The van der Waals surface area contributed by atoms with Crippen molar-refractivity contribution in [1.29, 1.82) is 0 Å². The lowest BCUT2D eigenvalue weighted by molar-refractivity contribution is 0.0699. The summed E-state index contributed by atoms with van der Waals surface area (Å²) in [5.41, 5.74) is 2.83. The number of halogens is 1. The van der Waals surface area contributed by atoms with Crippen molar-refractivity contribution in [3.63, 3.8) is 0 Å². The number of alkyl halides is 1. The van der Waals surface area contributed by atoms with Crippen molar-refractivity contribution in [2.75, 3.05) is 0 Å². The predicted octanol–water partition coefficient (Wildman–Crippen LogP) is 3.53. The Morgan fingerprint density at radius 3 is 2.88 bits per heavy atom. The average molecular weight is 277 g/mol. The number of hydrogen-bond donors (Lipinski definition) is 1. The Hall–Kier alpha value is -1.35. The number of hydrogen-bond acceptors (Lipinski definition) is 1. The van der Waals surface area contributed by atoms with Gasteiger partial charge in [0.25, 0.3) is 0 Å². The lowest BCUT2D eigenvalue weighted by Gasteiger charge is -2.06. The molecule has 16 heavy (non-hydrogen) atoms. The molecule has 0 radical (unpaired) electrons. The Bertz CT molecular complexity index is 604. The molecule has 1 aliphatic carbocycles. The molecule has 2 nitrogen and oxygen atoms in total. The van der Waals surface area contributed by atoms with Crippen LogP contribution >= 0.6 is 15.9 Å². The van der Waals surface area contributed by atoms with Crippen LogP contribution in [0.2, 0.25) is 0 Å². The number of carbonyl (C=O) groups is 1. The standard InChI is InChI=1S/C13H9BrO2/c14-11-6-7-2-1-3-8-9(13(15)16)4-5-10(11)12(7)8/h1-5,11H,6H2,(H,15,16). The molecule has 0 fully saturated rings. The van der Waals surface area contributed by atoms with Crippen LogP contribution in [0.25, 0.3) is 10.8 Å². The van der Waals surface area contributed by atoms with Crippen molar-refractivity contribution in [3.8, 4) is 0 Å². The zero-order chi connectivity index (χ0) is 11.3. The van der Waals surface area contributed by atoms with Gasteiger partial charge in [0.2, 0.25) is 0 Å². The molecule has 80 valence electrons. The molecule has 0 saturated heterocycles. The number of rotatable bonds is 1. The first-order chi connectivity index (χ1) is 7.68. The largest absolute Gasteiger partial charge is 0.478 e. The molecule has 0 saturated carbocycles. The van der Waals surface area contributed by atoms with Gasteiger partial charge in [-0.3, -0.25) is 0 Å². The highest BCUT2D eigenvalue weighted by molar-refractivity contribution is 9.09. The molecule has 3 heteroatoms. The summed E-state index contributed by atoms with van der Waals surface area (Å²) in [7, 11) is 0. The SMILES string of the molecule is O=C(O)c1ccc2c3c(cccc13)CC2Br. The van der Waals surface area contributed by atoms with Gasteiger partial charge in [-0.25, -0.2) is 4.79 Å². The fraction of sp³-hybridized carbons (Fsp3) is 0.154. The van der Waals surface area contributed by atoms with Crippen molar-refractivity contribution in [1.82, 2.24) is 0 Å². The fourth-order valence-electron chi connectivity index (χ4n) is 2.43. The van der Waals surface area contributed by atoms with Gasteiger partial charge >= 0.3 is 5.97 Å². The second-order valence-electron chi connectivity index (χ2n) is 4.02. The van der Waals surface area contributed by atoms with Gasteiger partial charge in [-0.2, -0.15) is 0 Å². The van der Waals surface area contributed by atoms with E-state index in [-0.39, 0.29) is 0 Å². The smallest absolute Gasteiger partial charge is 0.336 e. The third-order valence-corrected chi connectivity index (χ3v) is 3.94. The van der Waals surface area contributed by atoms with E-state index in [9.17, 15) is 4.79 Å². The van der Waals surface area contributed by atoms with Crippen molar-refractivity contribution in [3.05, 3.63) is 47.0 Å². The molecule has 1 atom stereocenters. The zero-order valence-electron chi connectivity index (χ0n) is 8.40. The third-order valence-electron chi connectivity index (χ3n) is 3.13. The maximum Gasteiger partial charge on any atom is 0.336 e. The summed E-state index contributed by atoms with van der Waals surface area (Å²) < 4.78 is 0. The van der Waals surface area contributed by atoms with Crippen LogP contribution in [0.3, 0.4) is 0 Å². The van der Waals surface area contributed by atoms with E-state index < -0.39 is 5.97 Å². The summed E-state index contributed by atoms with van der Waals surface area (Å²) in [6.45, 7) is 0. The van der Waals surface area contributed by atoms with E-state index >= 15 is 0 Å². The maximum atomic E-state index is 11.1. The Morgan fingerprint density at radius 1 is 1.31 bits per heavy atom. The first kappa shape index (κ1) is 9.85. The van der Waals surface area contributed by atoms with Crippen LogP contribution in [0.1, 0.15) is 26.3 Å². The van der Waals surface area contributed by atoms with Crippen molar-refractivity contribution >= 4 is 32.7 Å². The summed E-state index contributed by atoms with van der Waals surface area (Å²) >= 11 is 3.63. The molecule has 1 unspecified atom stereocenters. The molecule has 0 spiro atoms. The minimum Gasteiger partial charge on any atom is -0.478 e. The molecule has 2 aromatic carbocycles. The van der Waals surface area contributed by atoms with Gasteiger partial charge in [-0.1, -0.05) is 40.2 Å². The highest BCUT2D eigenvalue weighted by Gasteiger charge is 2.24. The maximum absolute atomic E-state index is 11.1. The molecule has 0 heterocycles. The second kappa shape index (κ2) is 3.32. The third kappa shape index (κ3) is 1.21. The quantitative estimate of drug-likeness (QED) is 0.809. The van der Waals surface area contributed by atoms with Crippen molar-refractivity contribution < 1.29 is 9.90 Å². The highest BCUT2D eigenvalue weighted by Crippen LogP contribution is 2.42. The van der Waals surface area contributed by atoms with E-state index in [0.29, 0.717) is 10.4 Å². The molecule has 0 bridgehead atoms.